The van der Waals surface area contributed by atoms with Crippen molar-refractivity contribution in [1.82, 2.24) is 14.5 Å². The van der Waals surface area contributed by atoms with Gasteiger partial charge in [0.25, 0.3) is 11.6 Å². The zero-order chi connectivity index (χ0) is 20.4. The normalized spacial score (nSPS) is 10.7. The van der Waals surface area contributed by atoms with E-state index in [-0.39, 0.29) is 11.3 Å². The largest absolute Gasteiger partial charge is 0.387 e. The molecule has 0 unspecified atom stereocenters. The van der Waals surface area contributed by atoms with Crippen molar-refractivity contribution in [2.45, 2.75) is 0 Å². The van der Waals surface area contributed by atoms with Crippen LogP contribution in [0.15, 0.2) is 67.1 Å². The lowest BCUT2D eigenvalue weighted by Crippen LogP contribution is -2.14. The van der Waals surface area contributed by atoms with Gasteiger partial charge < -0.3 is 10.6 Å². The van der Waals surface area contributed by atoms with Crippen molar-refractivity contribution in [1.29, 1.82) is 0 Å². The molecule has 2 N–H and O–H groups in total. The van der Waals surface area contributed by atoms with Crippen LogP contribution in [0, 0.1) is 10.1 Å². The molecule has 9 nitrogen and oxygen atoms in total. The Morgan fingerprint density at radius 1 is 1.10 bits per heavy atom. The van der Waals surface area contributed by atoms with Crippen LogP contribution >= 0.6 is 0 Å². The molecule has 0 atom stereocenters. The Bertz CT molecular complexity index is 1220. The average Bonchev–Trinajstić information content (AvgIpc) is 3.18. The lowest BCUT2D eigenvalue weighted by molar-refractivity contribution is -0.384. The van der Waals surface area contributed by atoms with Gasteiger partial charge in [0, 0.05) is 24.9 Å². The van der Waals surface area contributed by atoms with Crippen molar-refractivity contribution >= 4 is 34.0 Å². The Balaban J connectivity index is 1.58. The third-order valence-electron chi connectivity index (χ3n) is 4.43. The van der Waals surface area contributed by atoms with Crippen molar-refractivity contribution in [3.8, 4) is 5.82 Å². The molecule has 2 aromatic heterocycles. The van der Waals surface area contributed by atoms with Gasteiger partial charge in [0.1, 0.15) is 12.1 Å². The molecular formula is C20H16N6O3. The molecule has 2 aromatic carbocycles. The molecule has 0 aliphatic heterocycles. The number of nitrogens with zero attached hydrogens (tertiary/aromatic N) is 4. The number of carbonyl (C=O) groups is 1. The quantitative estimate of drug-likeness (QED) is 0.399. The highest BCUT2D eigenvalue weighted by molar-refractivity contribution is 6.08. The molecule has 4 aromatic rings. The summed E-state index contributed by atoms with van der Waals surface area (Å²) in [5.41, 5.74) is 2.75. The standard InChI is InChI=1S/C20H16N6O3/c1-21-16-8-7-14(26(28)29)10-15(16)20(27)24-13-6-9-19(22-11-13)25-12-23-17-4-2-3-5-18(17)25/h2-12,21H,1H3,(H,24,27). The van der Waals surface area contributed by atoms with Crippen LogP contribution in [0.4, 0.5) is 17.1 Å². The molecule has 1 amide bonds. The van der Waals surface area contributed by atoms with Crippen molar-refractivity contribution in [2.24, 2.45) is 0 Å². The number of rotatable bonds is 5. The Morgan fingerprint density at radius 3 is 2.66 bits per heavy atom. The number of pyridine rings is 1. The van der Waals surface area contributed by atoms with Gasteiger partial charge in [-0.1, -0.05) is 12.1 Å². The molecule has 2 heterocycles. The summed E-state index contributed by atoms with van der Waals surface area (Å²) in [5, 5.41) is 16.6. The highest BCUT2D eigenvalue weighted by Gasteiger charge is 2.16. The molecule has 0 aliphatic rings. The van der Waals surface area contributed by atoms with Crippen LogP contribution in [-0.4, -0.2) is 32.4 Å². The van der Waals surface area contributed by atoms with Gasteiger partial charge in [-0.15, -0.1) is 0 Å². The third-order valence-corrected chi connectivity index (χ3v) is 4.43. The van der Waals surface area contributed by atoms with Crippen molar-refractivity contribution in [3.63, 3.8) is 0 Å². The Kier molecular flexibility index (Phi) is 4.62. The van der Waals surface area contributed by atoms with Gasteiger partial charge in [0.05, 0.1) is 33.4 Å². The number of nitrogens with one attached hydrogen (secondary N) is 2. The molecule has 29 heavy (non-hydrogen) atoms. The van der Waals surface area contributed by atoms with Gasteiger partial charge in [-0.25, -0.2) is 9.97 Å². The fourth-order valence-electron chi connectivity index (χ4n) is 2.99. The van der Waals surface area contributed by atoms with Gasteiger partial charge in [-0.3, -0.25) is 19.5 Å². The van der Waals surface area contributed by atoms with Crippen molar-refractivity contribution < 1.29 is 9.72 Å². The summed E-state index contributed by atoms with van der Waals surface area (Å²) in [5.74, 6) is 0.184. The van der Waals surface area contributed by atoms with E-state index in [9.17, 15) is 14.9 Å². The van der Waals surface area contributed by atoms with Gasteiger partial charge in [0.2, 0.25) is 0 Å². The van der Waals surface area contributed by atoms with Crippen LogP contribution in [0.5, 0.6) is 0 Å². The number of fused-ring (bicyclic) bond motifs is 1. The Labute approximate surface area is 165 Å². The van der Waals surface area contributed by atoms with E-state index in [2.05, 4.69) is 20.6 Å². The zero-order valence-electron chi connectivity index (χ0n) is 15.4. The number of carbonyl (C=O) groups excluding carboxylic acids is 1. The summed E-state index contributed by atoms with van der Waals surface area (Å²) in [6, 6.07) is 15.3. The summed E-state index contributed by atoms with van der Waals surface area (Å²) in [7, 11) is 1.64. The second-order valence-electron chi connectivity index (χ2n) is 6.20. The molecular weight excluding hydrogens is 372 g/mol. The molecule has 0 fully saturated rings. The molecule has 0 bridgehead atoms. The van der Waals surface area contributed by atoms with Gasteiger partial charge >= 0.3 is 0 Å². The second-order valence-corrected chi connectivity index (χ2v) is 6.20. The average molecular weight is 388 g/mol. The molecule has 4 rings (SSSR count). The van der Waals surface area contributed by atoms with Crippen LogP contribution in [0.3, 0.4) is 0 Å². The van der Waals surface area contributed by atoms with Crippen LogP contribution in [0.1, 0.15) is 10.4 Å². The monoisotopic (exact) mass is 388 g/mol. The summed E-state index contributed by atoms with van der Waals surface area (Å²) in [6.07, 6.45) is 3.21. The molecule has 0 saturated carbocycles. The lowest BCUT2D eigenvalue weighted by Gasteiger charge is -2.10. The SMILES string of the molecule is CNc1ccc([N+](=O)[O-])cc1C(=O)Nc1ccc(-n2cnc3ccccc32)nc1. The van der Waals surface area contributed by atoms with E-state index in [1.807, 2.05) is 28.8 Å². The first-order valence-electron chi connectivity index (χ1n) is 8.73. The Hall–Kier alpha value is -4.27. The van der Waals surface area contributed by atoms with E-state index in [1.165, 1.54) is 24.4 Å². The van der Waals surface area contributed by atoms with Crippen molar-refractivity contribution in [3.05, 3.63) is 82.8 Å². The first kappa shape index (κ1) is 18.1. The van der Waals surface area contributed by atoms with Gasteiger partial charge in [-0.2, -0.15) is 0 Å². The summed E-state index contributed by atoms with van der Waals surface area (Å²) < 4.78 is 1.85. The van der Waals surface area contributed by atoms with E-state index in [1.54, 1.807) is 25.5 Å². The van der Waals surface area contributed by atoms with Crippen LogP contribution in [-0.2, 0) is 0 Å². The predicted octanol–water partition coefficient (Wildman–Crippen LogP) is 3.62. The summed E-state index contributed by atoms with van der Waals surface area (Å²) in [6.45, 7) is 0. The predicted molar refractivity (Wildman–Crippen MR) is 109 cm³/mol. The number of anilines is 2. The first-order valence-corrected chi connectivity index (χ1v) is 8.73. The molecule has 0 radical (unpaired) electrons. The number of non-ortho nitro benzene ring substituents is 1. The number of nitro benzene ring substituents is 1. The fraction of sp³-hybridized carbons (Fsp3) is 0.0500. The number of hydrogen-bond donors (Lipinski definition) is 2. The lowest BCUT2D eigenvalue weighted by atomic mass is 10.1. The molecule has 9 heteroatoms. The van der Waals surface area contributed by atoms with Gasteiger partial charge in [-0.05, 0) is 30.3 Å². The second kappa shape index (κ2) is 7.39. The van der Waals surface area contributed by atoms with E-state index in [0.717, 1.165) is 11.0 Å². The van der Waals surface area contributed by atoms with Crippen LogP contribution in [0.2, 0.25) is 0 Å². The van der Waals surface area contributed by atoms with E-state index in [4.69, 9.17) is 0 Å². The van der Waals surface area contributed by atoms with Gasteiger partial charge in [0.15, 0.2) is 0 Å². The van der Waals surface area contributed by atoms with E-state index < -0.39 is 10.8 Å². The highest BCUT2D eigenvalue weighted by atomic mass is 16.6. The molecule has 0 aliphatic carbocycles. The van der Waals surface area contributed by atoms with Crippen molar-refractivity contribution in [2.75, 3.05) is 17.7 Å². The number of nitro groups is 1. The highest BCUT2D eigenvalue weighted by Crippen LogP contribution is 2.23. The van der Waals surface area contributed by atoms with Crippen LogP contribution in [0.25, 0.3) is 16.9 Å². The van der Waals surface area contributed by atoms with Crippen LogP contribution < -0.4 is 10.6 Å². The van der Waals surface area contributed by atoms with E-state index in [0.29, 0.717) is 17.2 Å². The minimum atomic E-state index is -0.540. The first-order chi connectivity index (χ1) is 14.1. The number of benzene rings is 2. The molecule has 0 spiro atoms. The number of para-hydroxylation sites is 2. The zero-order valence-corrected chi connectivity index (χ0v) is 15.4. The minimum Gasteiger partial charge on any atom is -0.387 e. The smallest absolute Gasteiger partial charge is 0.270 e. The summed E-state index contributed by atoms with van der Waals surface area (Å²) in [4.78, 5) is 31.8. The maximum atomic E-state index is 12.6. The van der Waals surface area contributed by atoms with E-state index >= 15 is 0 Å². The number of hydrogen-bond acceptors (Lipinski definition) is 6. The maximum Gasteiger partial charge on any atom is 0.270 e. The number of aromatic nitrogens is 3. The maximum absolute atomic E-state index is 12.6. The number of amides is 1. The molecule has 0 saturated heterocycles. The number of imidazole rings is 1. The summed E-state index contributed by atoms with van der Waals surface area (Å²) >= 11 is 0. The fourth-order valence-corrected chi connectivity index (χ4v) is 2.99. The minimum absolute atomic E-state index is 0.158. The molecule has 144 valence electrons. The Morgan fingerprint density at radius 2 is 1.93 bits per heavy atom. The third kappa shape index (κ3) is 3.48. The topological polar surface area (TPSA) is 115 Å².